The molecule has 1 aliphatic carbocycles. The van der Waals surface area contributed by atoms with Crippen LogP contribution in [0.2, 0.25) is 0 Å². The van der Waals surface area contributed by atoms with Crippen molar-refractivity contribution >= 4 is 21.8 Å². The summed E-state index contributed by atoms with van der Waals surface area (Å²) in [6, 6.07) is 11.2. The predicted octanol–water partition coefficient (Wildman–Crippen LogP) is 3.16. The standard InChI is InChI=1S/C19H19BrN2O3/c1-12-7-16(9-18(23)22(12)15-5-6-15)25-17-10-21(11-17)19(24)13-3-2-4-14(20)8-13/h2-4,7-9,15,17H,5-6,10-11H2,1H3. The van der Waals surface area contributed by atoms with Crippen molar-refractivity contribution in [1.29, 1.82) is 0 Å². The van der Waals surface area contributed by atoms with E-state index in [-0.39, 0.29) is 17.6 Å². The summed E-state index contributed by atoms with van der Waals surface area (Å²) in [5.41, 5.74) is 1.60. The van der Waals surface area contributed by atoms with Crippen molar-refractivity contribution in [2.24, 2.45) is 0 Å². The number of benzene rings is 1. The van der Waals surface area contributed by atoms with Gasteiger partial charge in [-0.05, 0) is 44.0 Å². The largest absolute Gasteiger partial charge is 0.486 e. The second-order valence-electron chi connectivity index (χ2n) is 6.73. The summed E-state index contributed by atoms with van der Waals surface area (Å²) in [7, 11) is 0. The molecule has 2 aromatic rings. The van der Waals surface area contributed by atoms with Crippen molar-refractivity contribution in [3.63, 3.8) is 0 Å². The monoisotopic (exact) mass is 402 g/mol. The average Bonchev–Trinajstić information content (AvgIpc) is 3.34. The van der Waals surface area contributed by atoms with Gasteiger partial charge in [0.1, 0.15) is 11.9 Å². The van der Waals surface area contributed by atoms with Crippen LogP contribution in [0.3, 0.4) is 0 Å². The Morgan fingerprint density at radius 1 is 1.20 bits per heavy atom. The van der Waals surface area contributed by atoms with E-state index in [1.54, 1.807) is 11.0 Å². The van der Waals surface area contributed by atoms with Gasteiger partial charge in [-0.1, -0.05) is 22.0 Å². The predicted molar refractivity (Wildman–Crippen MR) is 98.2 cm³/mol. The highest BCUT2D eigenvalue weighted by molar-refractivity contribution is 9.10. The second kappa shape index (κ2) is 6.33. The van der Waals surface area contributed by atoms with E-state index in [1.165, 1.54) is 0 Å². The molecule has 1 amide bonds. The van der Waals surface area contributed by atoms with Crippen LogP contribution in [0.4, 0.5) is 0 Å². The molecule has 0 spiro atoms. The molecule has 0 atom stereocenters. The molecule has 2 aliphatic rings. The number of ether oxygens (including phenoxy) is 1. The summed E-state index contributed by atoms with van der Waals surface area (Å²) in [4.78, 5) is 26.4. The molecule has 2 heterocycles. The third-order valence-corrected chi connectivity index (χ3v) is 5.15. The molecule has 25 heavy (non-hydrogen) atoms. The zero-order chi connectivity index (χ0) is 17.6. The van der Waals surface area contributed by atoms with Gasteiger partial charge < -0.3 is 14.2 Å². The number of amides is 1. The lowest BCUT2D eigenvalue weighted by Gasteiger charge is -2.39. The average molecular weight is 403 g/mol. The van der Waals surface area contributed by atoms with Crippen LogP contribution in [-0.4, -0.2) is 34.6 Å². The van der Waals surface area contributed by atoms with Crippen molar-refractivity contribution < 1.29 is 9.53 Å². The molecule has 1 aliphatic heterocycles. The topological polar surface area (TPSA) is 51.5 Å². The van der Waals surface area contributed by atoms with Crippen molar-refractivity contribution in [1.82, 2.24) is 9.47 Å². The van der Waals surface area contributed by atoms with E-state index in [4.69, 9.17) is 4.74 Å². The first-order valence-electron chi connectivity index (χ1n) is 8.46. The highest BCUT2D eigenvalue weighted by Gasteiger charge is 2.33. The number of hydrogen-bond acceptors (Lipinski definition) is 3. The number of nitrogens with zero attached hydrogens (tertiary/aromatic N) is 2. The van der Waals surface area contributed by atoms with Gasteiger partial charge >= 0.3 is 0 Å². The first-order valence-corrected chi connectivity index (χ1v) is 9.25. The molecule has 1 saturated heterocycles. The molecule has 1 aromatic carbocycles. The number of rotatable bonds is 4. The molecule has 5 nitrogen and oxygen atoms in total. The Balaban J connectivity index is 1.38. The SMILES string of the molecule is Cc1cc(OC2CN(C(=O)c3cccc(Br)c3)C2)cc(=O)n1C1CC1. The normalized spacial score (nSPS) is 17.3. The highest BCUT2D eigenvalue weighted by Crippen LogP contribution is 2.35. The van der Waals surface area contributed by atoms with Gasteiger partial charge in [0.2, 0.25) is 0 Å². The molecule has 0 radical (unpaired) electrons. The summed E-state index contributed by atoms with van der Waals surface area (Å²) in [5, 5.41) is 0. The quantitative estimate of drug-likeness (QED) is 0.788. The lowest BCUT2D eigenvalue weighted by atomic mass is 10.1. The van der Waals surface area contributed by atoms with Gasteiger partial charge in [-0.2, -0.15) is 0 Å². The minimum atomic E-state index is -0.0633. The molecular formula is C19H19BrN2O3. The van der Waals surface area contributed by atoms with Crippen LogP contribution in [0.1, 0.15) is 34.9 Å². The summed E-state index contributed by atoms with van der Waals surface area (Å²) < 4.78 is 8.62. The number of carbonyl (C=O) groups is 1. The molecule has 0 bridgehead atoms. The minimum absolute atomic E-state index is 0.00103. The lowest BCUT2D eigenvalue weighted by molar-refractivity contribution is 0.0176. The fourth-order valence-corrected chi connectivity index (χ4v) is 3.63. The van der Waals surface area contributed by atoms with Gasteiger partial charge in [-0.25, -0.2) is 0 Å². The van der Waals surface area contributed by atoms with Gasteiger partial charge in [0.25, 0.3) is 11.5 Å². The number of halogens is 1. The zero-order valence-electron chi connectivity index (χ0n) is 13.9. The van der Waals surface area contributed by atoms with Gasteiger partial charge in [-0.3, -0.25) is 9.59 Å². The molecule has 130 valence electrons. The van der Waals surface area contributed by atoms with Crippen molar-refractivity contribution in [2.45, 2.75) is 31.9 Å². The van der Waals surface area contributed by atoms with Crippen LogP contribution in [0.15, 0.2) is 45.7 Å². The summed E-state index contributed by atoms with van der Waals surface area (Å²) in [6.45, 7) is 3.02. The first-order chi connectivity index (χ1) is 12.0. The highest BCUT2D eigenvalue weighted by atomic mass is 79.9. The van der Waals surface area contributed by atoms with Crippen LogP contribution in [-0.2, 0) is 0 Å². The zero-order valence-corrected chi connectivity index (χ0v) is 15.5. The fourth-order valence-electron chi connectivity index (χ4n) is 3.23. The molecular weight excluding hydrogens is 384 g/mol. The van der Waals surface area contributed by atoms with E-state index >= 15 is 0 Å². The Hall–Kier alpha value is -2.08. The number of aromatic nitrogens is 1. The van der Waals surface area contributed by atoms with Crippen molar-refractivity contribution in [2.75, 3.05) is 13.1 Å². The minimum Gasteiger partial charge on any atom is -0.486 e. The molecule has 6 heteroatoms. The van der Waals surface area contributed by atoms with E-state index in [0.29, 0.717) is 30.4 Å². The van der Waals surface area contributed by atoms with Crippen molar-refractivity contribution in [3.8, 4) is 5.75 Å². The van der Waals surface area contributed by atoms with Gasteiger partial charge in [0.15, 0.2) is 0 Å². The Bertz CT molecular complexity index is 882. The smallest absolute Gasteiger partial charge is 0.254 e. The van der Waals surface area contributed by atoms with E-state index < -0.39 is 0 Å². The van der Waals surface area contributed by atoms with E-state index in [0.717, 1.165) is 23.0 Å². The second-order valence-corrected chi connectivity index (χ2v) is 7.65. The molecule has 2 fully saturated rings. The molecule has 0 N–H and O–H groups in total. The van der Waals surface area contributed by atoms with Crippen LogP contribution in [0.25, 0.3) is 0 Å². The number of hydrogen-bond donors (Lipinski definition) is 0. The Kier molecular flexibility index (Phi) is 4.15. The van der Waals surface area contributed by atoms with Crippen LogP contribution in [0, 0.1) is 6.92 Å². The number of carbonyl (C=O) groups excluding carboxylic acids is 1. The van der Waals surface area contributed by atoms with Crippen LogP contribution < -0.4 is 10.3 Å². The number of likely N-dealkylation sites (tertiary alicyclic amines) is 1. The third kappa shape index (κ3) is 3.35. The van der Waals surface area contributed by atoms with Gasteiger partial charge in [-0.15, -0.1) is 0 Å². The molecule has 4 rings (SSSR count). The van der Waals surface area contributed by atoms with E-state index in [1.807, 2.05) is 41.8 Å². The maximum Gasteiger partial charge on any atom is 0.254 e. The summed E-state index contributed by atoms with van der Waals surface area (Å²) >= 11 is 3.38. The van der Waals surface area contributed by atoms with Crippen LogP contribution >= 0.6 is 15.9 Å². The lowest BCUT2D eigenvalue weighted by Crippen LogP contribution is -2.56. The van der Waals surface area contributed by atoms with E-state index in [9.17, 15) is 9.59 Å². The van der Waals surface area contributed by atoms with Crippen molar-refractivity contribution in [3.05, 3.63) is 62.5 Å². The van der Waals surface area contributed by atoms with Crippen LogP contribution in [0.5, 0.6) is 5.75 Å². The Morgan fingerprint density at radius 3 is 2.60 bits per heavy atom. The fraction of sp³-hybridized carbons (Fsp3) is 0.368. The van der Waals surface area contributed by atoms with Gasteiger partial charge in [0.05, 0.1) is 13.1 Å². The number of aryl methyl sites for hydroxylation is 1. The maximum absolute atomic E-state index is 12.4. The molecule has 1 aromatic heterocycles. The molecule has 1 saturated carbocycles. The Labute approximate surface area is 154 Å². The first kappa shape index (κ1) is 16.4. The summed E-state index contributed by atoms with van der Waals surface area (Å²) in [5.74, 6) is 0.598. The van der Waals surface area contributed by atoms with Gasteiger partial charge in [0, 0.05) is 27.8 Å². The number of pyridine rings is 1. The maximum atomic E-state index is 12.4. The third-order valence-electron chi connectivity index (χ3n) is 4.66. The Morgan fingerprint density at radius 2 is 1.96 bits per heavy atom. The van der Waals surface area contributed by atoms with E-state index in [2.05, 4.69) is 15.9 Å². The summed E-state index contributed by atoms with van der Waals surface area (Å²) in [6.07, 6.45) is 2.10. The molecule has 0 unspecified atom stereocenters.